The summed E-state index contributed by atoms with van der Waals surface area (Å²) in [6.07, 6.45) is 1.64. The fourth-order valence-electron chi connectivity index (χ4n) is 3.52. The van der Waals surface area contributed by atoms with Gasteiger partial charge in [-0.1, -0.05) is 0 Å². The van der Waals surface area contributed by atoms with Gasteiger partial charge in [-0.05, 0) is 62.7 Å². The zero-order valence-electron chi connectivity index (χ0n) is 18.1. The molecule has 3 aromatic heterocycles. The molecule has 0 saturated carbocycles. The van der Waals surface area contributed by atoms with E-state index in [1.165, 1.54) is 7.11 Å². The number of nitrogens with one attached hydrogen (secondary N) is 1. The normalized spacial score (nSPS) is 10.9. The second kappa shape index (κ2) is 8.06. The molecule has 1 amide bonds. The number of aryl methyl sites for hydroxylation is 3. The smallest absolute Gasteiger partial charge is 0.256 e. The van der Waals surface area contributed by atoms with Crippen LogP contribution >= 0.6 is 0 Å². The fourth-order valence-corrected chi connectivity index (χ4v) is 3.52. The van der Waals surface area contributed by atoms with E-state index in [-0.39, 0.29) is 5.91 Å². The van der Waals surface area contributed by atoms with Gasteiger partial charge in [0.15, 0.2) is 5.65 Å². The second-order valence-corrected chi connectivity index (χ2v) is 7.17. The van der Waals surface area contributed by atoms with Crippen molar-refractivity contribution in [1.29, 1.82) is 0 Å². The Kier molecular flexibility index (Phi) is 5.29. The lowest BCUT2D eigenvalue weighted by molar-refractivity contribution is 0.102. The number of amides is 1. The fraction of sp³-hybridized carbons (Fsp3) is 0.217. The van der Waals surface area contributed by atoms with Gasteiger partial charge in [-0.2, -0.15) is 5.10 Å². The summed E-state index contributed by atoms with van der Waals surface area (Å²) in [6.45, 7) is 5.61. The standard InChI is InChI=1S/C23H23N5O3/c1-13-10-11-24-23(31-5)20(13)26-22(29)18-12-14(2)25-21-19(18)15(3)27-28(21)16-6-8-17(30-4)9-7-16/h6-12H,1-5H3,(H,26,29). The summed E-state index contributed by atoms with van der Waals surface area (Å²) in [6, 6.07) is 11.1. The highest BCUT2D eigenvalue weighted by atomic mass is 16.5. The lowest BCUT2D eigenvalue weighted by atomic mass is 10.1. The van der Waals surface area contributed by atoms with Crippen LogP contribution in [0.4, 0.5) is 5.69 Å². The van der Waals surface area contributed by atoms with Crippen LogP contribution in [0.15, 0.2) is 42.6 Å². The Morgan fingerprint density at radius 1 is 1.03 bits per heavy atom. The zero-order valence-corrected chi connectivity index (χ0v) is 18.1. The lowest BCUT2D eigenvalue weighted by Gasteiger charge is -2.13. The molecule has 4 aromatic rings. The highest BCUT2D eigenvalue weighted by Crippen LogP contribution is 2.29. The van der Waals surface area contributed by atoms with E-state index in [2.05, 4.69) is 20.4 Å². The number of carbonyl (C=O) groups excluding carboxylic acids is 1. The number of methoxy groups -OCH3 is 2. The highest BCUT2D eigenvalue weighted by molar-refractivity contribution is 6.13. The number of nitrogens with zero attached hydrogens (tertiary/aromatic N) is 4. The molecular weight excluding hydrogens is 394 g/mol. The van der Waals surface area contributed by atoms with E-state index in [9.17, 15) is 4.79 Å². The summed E-state index contributed by atoms with van der Waals surface area (Å²) < 4.78 is 12.3. The second-order valence-electron chi connectivity index (χ2n) is 7.17. The largest absolute Gasteiger partial charge is 0.497 e. The van der Waals surface area contributed by atoms with Crippen molar-refractivity contribution in [2.45, 2.75) is 20.8 Å². The third-order valence-corrected chi connectivity index (χ3v) is 5.06. The predicted octanol–water partition coefficient (Wildman–Crippen LogP) is 4.01. The molecule has 4 rings (SSSR count). The predicted molar refractivity (Wildman–Crippen MR) is 118 cm³/mol. The third kappa shape index (κ3) is 3.68. The molecule has 0 aliphatic rings. The summed E-state index contributed by atoms with van der Waals surface area (Å²) in [5.41, 5.74) is 4.74. The Morgan fingerprint density at radius 3 is 2.45 bits per heavy atom. The first-order chi connectivity index (χ1) is 14.9. The minimum atomic E-state index is -0.276. The van der Waals surface area contributed by atoms with Gasteiger partial charge in [-0.3, -0.25) is 4.79 Å². The van der Waals surface area contributed by atoms with Crippen molar-refractivity contribution in [3.8, 4) is 17.3 Å². The van der Waals surface area contributed by atoms with Gasteiger partial charge in [0.05, 0.1) is 36.6 Å². The van der Waals surface area contributed by atoms with Crippen LogP contribution in [-0.4, -0.2) is 39.9 Å². The van der Waals surface area contributed by atoms with Gasteiger partial charge in [-0.15, -0.1) is 0 Å². The van der Waals surface area contributed by atoms with Gasteiger partial charge in [0.2, 0.25) is 5.88 Å². The Labute approximate surface area is 179 Å². The highest BCUT2D eigenvalue weighted by Gasteiger charge is 2.21. The molecule has 1 N–H and O–H groups in total. The molecule has 1 aromatic carbocycles. The van der Waals surface area contributed by atoms with Gasteiger partial charge in [0.25, 0.3) is 5.91 Å². The van der Waals surface area contributed by atoms with Crippen molar-refractivity contribution in [3.05, 3.63) is 65.1 Å². The number of carbonyl (C=O) groups is 1. The van der Waals surface area contributed by atoms with Gasteiger partial charge in [-0.25, -0.2) is 14.6 Å². The Morgan fingerprint density at radius 2 is 1.77 bits per heavy atom. The molecule has 0 fully saturated rings. The van der Waals surface area contributed by atoms with E-state index in [1.807, 2.05) is 51.1 Å². The number of pyridine rings is 2. The Hall–Kier alpha value is -3.94. The lowest BCUT2D eigenvalue weighted by Crippen LogP contribution is -2.15. The molecule has 0 aliphatic carbocycles. The zero-order chi connectivity index (χ0) is 22.1. The van der Waals surface area contributed by atoms with Crippen molar-refractivity contribution in [3.63, 3.8) is 0 Å². The van der Waals surface area contributed by atoms with Crippen LogP contribution in [0.25, 0.3) is 16.7 Å². The molecule has 0 unspecified atom stereocenters. The number of fused-ring (bicyclic) bond motifs is 1. The molecule has 0 radical (unpaired) electrons. The SMILES string of the molecule is COc1ccc(-n2nc(C)c3c(C(=O)Nc4c(C)ccnc4OC)cc(C)nc32)cc1. The van der Waals surface area contributed by atoms with Crippen LogP contribution in [0.1, 0.15) is 27.3 Å². The van der Waals surface area contributed by atoms with E-state index < -0.39 is 0 Å². The van der Waals surface area contributed by atoms with Crippen molar-refractivity contribution < 1.29 is 14.3 Å². The average molecular weight is 417 g/mol. The van der Waals surface area contributed by atoms with E-state index in [4.69, 9.17) is 9.47 Å². The van der Waals surface area contributed by atoms with Crippen molar-refractivity contribution in [2.75, 3.05) is 19.5 Å². The molecular formula is C23H23N5O3. The Bertz CT molecular complexity index is 1280. The number of rotatable bonds is 5. The number of hydrogen-bond acceptors (Lipinski definition) is 6. The Balaban J connectivity index is 1.82. The first kappa shape index (κ1) is 20.3. The first-order valence-corrected chi connectivity index (χ1v) is 9.75. The molecule has 0 bridgehead atoms. The van der Waals surface area contributed by atoms with Crippen LogP contribution in [0.2, 0.25) is 0 Å². The van der Waals surface area contributed by atoms with Crippen LogP contribution < -0.4 is 14.8 Å². The van der Waals surface area contributed by atoms with E-state index in [1.54, 1.807) is 24.1 Å². The monoisotopic (exact) mass is 417 g/mol. The molecule has 0 aliphatic heterocycles. The molecule has 8 heteroatoms. The first-order valence-electron chi connectivity index (χ1n) is 9.75. The molecule has 158 valence electrons. The van der Waals surface area contributed by atoms with Crippen LogP contribution in [0.5, 0.6) is 11.6 Å². The molecule has 0 saturated heterocycles. The maximum absolute atomic E-state index is 13.3. The van der Waals surface area contributed by atoms with Gasteiger partial charge >= 0.3 is 0 Å². The molecule has 31 heavy (non-hydrogen) atoms. The number of hydrogen-bond donors (Lipinski definition) is 1. The summed E-state index contributed by atoms with van der Waals surface area (Å²) in [7, 11) is 3.15. The van der Waals surface area contributed by atoms with Gasteiger partial charge in [0.1, 0.15) is 11.4 Å². The molecule has 3 heterocycles. The summed E-state index contributed by atoms with van der Waals surface area (Å²) in [5.74, 6) is 0.838. The van der Waals surface area contributed by atoms with Crippen LogP contribution in [0.3, 0.4) is 0 Å². The van der Waals surface area contributed by atoms with Gasteiger partial charge in [0, 0.05) is 11.9 Å². The van der Waals surface area contributed by atoms with E-state index in [0.29, 0.717) is 39.6 Å². The third-order valence-electron chi connectivity index (χ3n) is 5.06. The topological polar surface area (TPSA) is 91.2 Å². The minimum Gasteiger partial charge on any atom is -0.497 e. The van der Waals surface area contributed by atoms with E-state index in [0.717, 1.165) is 17.0 Å². The van der Waals surface area contributed by atoms with Crippen LogP contribution in [0, 0.1) is 20.8 Å². The average Bonchev–Trinajstić information content (AvgIpc) is 3.10. The molecule has 0 spiro atoms. The van der Waals surface area contributed by atoms with Gasteiger partial charge < -0.3 is 14.8 Å². The molecule has 8 nitrogen and oxygen atoms in total. The minimum absolute atomic E-state index is 0.276. The number of anilines is 1. The number of aromatic nitrogens is 4. The van der Waals surface area contributed by atoms with Crippen molar-refractivity contribution in [1.82, 2.24) is 19.7 Å². The van der Waals surface area contributed by atoms with Crippen LogP contribution in [-0.2, 0) is 0 Å². The molecule has 0 atom stereocenters. The quantitative estimate of drug-likeness (QED) is 0.528. The van der Waals surface area contributed by atoms with E-state index >= 15 is 0 Å². The maximum atomic E-state index is 13.3. The summed E-state index contributed by atoms with van der Waals surface area (Å²) in [5, 5.41) is 8.30. The summed E-state index contributed by atoms with van der Waals surface area (Å²) in [4.78, 5) is 22.2. The number of benzene rings is 1. The maximum Gasteiger partial charge on any atom is 0.256 e. The van der Waals surface area contributed by atoms with Crippen molar-refractivity contribution in [2.24, 2.45) is 0 Å². The summed E-state index contributed by atoms with van der Waals surface area (Å²) >= 11 is 0. The van der Waals surface area contributed by atoms with Crippen molar-refractivity contribution >= 4 is 22.6 Å². The number of ether oxygens (including phenoxy) is 2.